The molecule has 2 N–H and O–H groups in total. The molecule has 1 aliphatic rings. The van der Waals surface area contributed by atoms with Crippen LogP contribution in [-0.4, -0.2) is 45.2 Å². The number of hydrogen-bond acceptors (Lipinski definition) is 5. The van der Waals surface area contributed by atoms with Crippen molar-refractivity contribution in [2.24, 2.45) is 5.92 Å². The summed E-state index contributed by atoms with van der Waals surface area (Å²) in [5.74, 6) is 0.121. The fourth-order valence-corrected chi connectivity index (χ4v) is 3.25. The first-order valence-corrected chi connectivity index (χ1v) is 8.27. The standard InChI is InChI=1S/C17H20N6O/c1-10(2)17(24)20-11-5-8-23(9-11)13-4-7-19-16-14(13)12-3-6-18-15(12)21-22-16/h3-4,6-7,10-11H,5,8-9H2,1-2H3,(H,18,21)(H,20,24). The van der Waals surface area contributed by atoms with E-state index >= 15 is 0 Å². The van der Waals surface area contributed by atoms with E-state index in [2.05, 4.69) is 30.4 Å². The van der Waals surface area contributed by atoms with Crippen molar-refractivity contribution in [1.82, 2.24) is 25.5 Å². The summed E-state index contributed by atoms with van der Waals surface area (Å²) >= 11 is 0. The molecule has 3 aromatic heterocycles. The molecule has 4 heterocycles. The minimum absolute atomic E-state index is 0.00978. The number of pyridine rings is 1. The van der Waals surface area contributed by atoms with E-state index in [1.807, 2.05) is 32.2 Å². The summed E-state index contributed by atoms with van der Waals surface area (Å²) in [4.78, 5) is 21.7. The van der Waals surface area contributed by atoms with Crippen LogP contribution in [-0.2, 0) is 4.79 Å². The molecule has 1 saturated heterocycles. The third kappa shape index (κ3) is 2.46. The van der Waals surface area contributed by atoms with Crippen LogP contribution >= 0.6 is 0 Å². The van der Waals surface area contributed by atoms with Gasteiger partial charge in [0.1, 0.15) is 0 Å². The zero-order valence-electron chi connectivity index (χ0n) is 13.8. The maximum atomic E-state index is 11.9. The van der Waals surface area contributed by atoms with Crippen LogP contribution in [0.4, 0.5) is 5.69 Å². The van der Waals surface area contributed by atoms with Gasteiger partial charge in [0.15, 0.2) is 11.3 Å². The van der Waals surface area contributed by atoms with E-state index in [0.29, 0.717) is 5.65 Å². The van der Waals surface area contributed by atoms with Gasteiger partial charge in [-0.05, 0) is 18.6 Å². The van der Waals surface area contributed by atoms with Gasteiger partial charge in [0.2, 0.25) is 5.91 Å². The number of nitrogens with one attached hydrogen (secondary N) is 2. The minimum atomic E-state index is 0.00978. The summed E-state index contributed by atoms with van der Waals surface area (Å²) in [5.41, 5.74) is 2.51. The lowest BCUT2D eigenvalue weighted by atomic mass is 10.1. The predicted molar refractivity (Wildman–Crippen MR) is 92.8 cm³/mol. The van der Waals surface area contributed by atoms with Crippen LogP contribution in [0.2, 0.25) is 0 Å². The van der Waals surface area contributed by atoms with E-state index in [1.54, 1.807) is 6.20 Å². The Labute approximate surface area is 139 Å². The van der Waals surface area contributed by atoms with E-state index in [4.69, 9.17) is 0 Å². The van der Waals surface area contributed by atoms with E-state index in [-0.39, 0.29) is 17.9 Å². The van der Waals surface area contributed by atoms with Crippen molar-refractivity contribution in [2.45, 2.75) is 26.3 Å². The summed E-state index contributed by atoms with van der Waals surface area (Å²) in [6.07, 6.45) is 4.58. The number of carbonyl (C=O) groups excluding carboxylic acids is 1. The average Bonchev–Trinajstić information content (AvgIpc) is 3.22. The molecule has 1 atom stereocenters. The Morgan fingerprint density at radius 2 is 2.25 bits per heavy atom. The van der Waals surface area contributed by atoms with Crippen LogP contribution in [0.1, 0.15) is 20.3 Å². The SMILES string of the molecule is CC(C)C(=O)NC1CCN(c2ccnc3nnc4[nH]ccc4c23)C1. The van der Waals surface area contributed by atoms with Crippen molar-refractivity contribution < 1.29 is 4.79 Å². The van der Waals surface area contributed by atoms with Gasteiger partial charge in [0, 0.05) is 42.8 Å². The van der Waals surface area contributed by atoms with Crippen LogP contribution < -0.4 is 10.2 Å². The van der Waals surface area contributed by atoms with E-state index in [9.17, 15) is 4.79 Å². The Kier molecular flexibility index (Phi) is 3.55. The first-order chi connectivity index (χ1) is 11.6. The van der Waals surface area contributed by atoms with Crippen LogP contribution in [0.15, 0.2) is 24.5 Å². The summed E-state index contributed by atoms with van der Waals surface area (Å²) in [6.45, 7) is 5.53. The summed E-state index contributed by atoms with van der Waals surface area (Å²) in [6, 6.07) is 4.20. The number of nitrogens with zero attached hydrogens (tertiary/aromatic N) is 4. The van der Waals surface area contributed by atoms with Gasteiger partial charge in [0.25, 0.3) is 0 Å². The van der Waals surface area contributed by atoms with Gasteiger partial charge in [-0.1, -0.05) is 13.8 Å². The first kappa shape index (κ1) is 14.9. The van der Waals surface area contributed by atoms with Gasteiger partial charge in [-0.25, -0.2) is 4.98 Å². The second-order valence-corrected chi connectivity index (χ2v) is 6.56. The lowest BCUT2D eigenvalue weighted by Gasteiger charge is -2.21. The van der Waals surface area contributed by atoms with Crippen molar-refractivity contribution in [2.75, 3.05) is 18.0 Å². The molecule has 0 radical (unpaired) electrons. The molecule has 1 fully saturated rings. The fraction of sp³-hybridized carbons (Fsp3) is 0.412. The molecule has 124 valence electrons. The Morgan fingerprint density at radius 3 is 3.08 bits per heavy atom. The second kappa shape index (κ2) is 5.74. The predicted octanol–water partition coefficient (Wildman–Crippen LogP) is 1.86. The highest BCUT2D eigenvalue weighted by atomic mass is 16.1. The quantitative estimate of drug-likeness (QED) is 0.768. The molecule has 7 nitrogen and oxygen atoms in total. The molecule has 1 amide bonds. The summed E-state index contributed by atoms with van der Waals surface area (Å²) < 4.78 is 0. The van der Waals surface area contributed by atoms with Crippen molar-refractivity contribution in [1.29, 1.82) is 0 Å². The Bertz CT molecular complexity index is 902. The molecule has 7 heteroatoms. The Hall–Kier alpha value is -2.70. The third-order valence-corrected chi connectivity index (χ3v) is 4.55. The van der Waals surface area contributed by atoms with E-state index in [1.165, 1.54) is 0 Å². The van der Waals surface area contributed by atoms with E-state index in [0.717, 1.165) is 41.6 Å². The zero-order valence-corrected chi connectivity index (χ0v) is 13.8. The number of rotatable bonds is 3. The molecular weight excluding hydrogens is 304 g/mol. The lowest BCUT2D eigenvalue weighted by Crippen LogP contribution is -2.39. The normalized spacial score (nSPS) is 18.0. The van der Waals surface area contributed by atoms with Crippen LogP contribution in [0.25, 0.3) is 22.1 Å². The number of hydrogen-bond donors (Lipinski definition) is 2. The lowest BCUT2D eigenvalue weighted by molar-refractivity contribution is -0.124. The maximum absolute atomic E-state index is 11.9. The Balaban J connectivity index is 1.68. The van der Waals surface area contributed by atoms with Crippen molar-refractivity contribution >= 4 is 33.7 Å². The molecule has 0 saturated carbocycles. The number of anilines is 1. The summed E-state index contributed by atoms with van der Waals surface area (Å²) in [7, 11) is 0. The molecule has 0 aliphatic carbocycles. The molecule has 24 heavy (non-hydrogen) atoms. The number of amides is 1. The molecular formula is C17H20N6O. The zero-order chi connectivity index (χ0) is 16.7. The summed E-state index contributed by atoms with van der Waals surface area (Å²) in [5, 5.41) is 13.5. The highest BCUT2D eigenvalue weighted by Crippen LogP contribution is 2.31. The fourth-order valence-electron chi connectivity index (χ4n) is 3.25. The second-order valence-electron chi connectivity index (χ2n) is 6.56. The Morgan fingerprint density at radius 1 is 1.38 bits per heavy atom. The highest BCUT2D eigenvalue weighted by molar-refractivity contribution is 6.08. The van der Waals surface area contributed by atoms with Crippen molar-refractivity contribution in [3.05, 3.63) is 24.5 Å². The van der Waals surface area contributed by atoms with E-state index < -0.39 is 0 Å². The largest absolute Gasteiger partial charge is 0.369 e. The number of H-pyrrole nitrogens is 1. The molecule has 3 aromatic rings. The monoisotopic (exact) mass is 324 g/mol. The van der Waals surface area contributed by atoms with Gasteiger partial charge in [-0.2, -0.15) is 0 Å². The number of carbonyl (C=O) groups is 1. The van der Waals surface area contributed by atoms with Gasteiger partial charge < -0.3 is 15.2 Å². The van der Waals surface area contributed by atoms with Gasteiger partial charge in [0.05, 0.1) is 11.1 Å². The number of aromatic nitrogens is 4. The molecule has 0 bridgehead atoms. The minimum Gasteiger partial charge on any atom is -0.369 e. The molecule has 1 aliphatic heterocycles. The van der Waals surface area contributed by atoms with Crippen molar-refractivity contribution in [3.8, 4) is 0 Å². The van der Waals surface area contributed by atoms with Gasteiger partial charge >= 0.3 is 0 Å². The molecule has 1 unspecified atom stereocenters. The third-order valence-electron chi connectivity index (χ3n) is 4.55. The van der Waals surface area contributed by atoms with Gasteiger partial charge in [-0.15, -0.1) is 10.2 Å². The van der Waals surface area contributed by atoms with Crippen molar-refractivity contribution in [3.63, 3.8) is 0 Å². The number of aromatic amines is 1. The van der Waals surface area contributed by atoms with Crippen LogP contribution in [0.3, 0.4) is 0 Å². The molecule has 0 spiro atoms. The topological polar surface area (TPSA) is 86.8 Å². The smallest absolute Gasteiger partial charge is 0.222 e. The number of fused-ring (bicyclic) bond motifs is 3. The van der Waals surface area contributed by atoms with Gasteiger partial charge in [-0.3, -0.25) is 4.79 Å². The highest BCUT2D eigenvalue weighted by Gasteiger charge is 2.26. The first-order valence-electron chi connectivity index (χ1n) is 8.27. The molecule has 0 aromatic carbocycles. The van der Waals surface area contributed by atoms with Crippen LogP contribution in [0, 0.1) is 5.92 Å². The van der Waals surface area contributed by atoms with Crippen LogP contribution in [0.5, 0.6) is 0 Å². The molecule has 4 rings (SSSR count). The maximum Gasteiger partial charge on any atom is 0.222 e. The average molecular weight is 324 g/mol.